The Bertz CT molecular complexity index is 492. The standard InChI is InChI=1S/C20H32O2/c1-12-6-5-7-13(2)15-10-11-20(4)17(15)14(3)16(9-8-12)18(21)19(20)22/h12,15,17-19,21-22H,2,5-11H2,1,3-4H3/t12-,15+,17-,18-,19+,20-/m0/s1. The molecular weight excluding hydrogens is 272 g/mol. The topological polar surface area (TPSA) is 40.5 Å². The third kappa shape index (κ3) is 2.39. The van der Waals surface area contributed by atoms with Gasteiger partial charge < -0.3 is 10.2 Å². The highest BCUT2D eigenvalue weighted by atomic mass is 16.3. The normalized spacial score (nSPS) is 46.6. The molecule has 0 spiro atoms. The van der Waals surface area contributed by atoms with Gasteiger partial charge in [0, 0.05) is 5.41 Å². The van der Waals surface area contributed by atoms with Crippen LogP contribution in [-0.2, 0) is 0 Å². The predicted octanol–water partition coefficient (Wildman–Crippen LogP) is 4.23. The molecular formula is C20H32O2. The lowest BCUT2D eigenvalue weighted by atomic mass is 9.61. The van der Waals surface area contributed by atoms with Gasteiger partial charge in [-0.3, -0.25) is 0 Å². The van der Waals surface area contributed by atoms with Crippen molar-refractivity contribution in [2.24, 2.45) is 23.2 Å². The first-order valence-corrected chi connectivity index (χ1v) is 9.09. The van der Waals surface area contributed by atoms with Crippen LogP contribution in [0.2, 0.25) is 0 Å². The average Bonchev–Trinajstić information content (AvgIpc) is 2.83. The van der Waals surface area contributed by atoms with Crippen molar-refractivity contribution in [1.82, 2.24) is 0 Å². The van der Waals surface area contributed by atoms with Crippen LogP contribution in [0.4, 0.5) is 0 Å². The van der Waals surface area contributed by atoms with Crippen LogP contribution < -0.4 is 0 Å². The van der Waals surface area contributed by atoms with Gasteiger partial charge in [0.1, 0.15) is 6.10 Å². The summed E-state index contributed by atoms with van der Waals surface area (Å²) in [6.07, 6.45) is 6.51. The number of rotatable bonds is 0. The molecule has 3 aliphatic rings. The first kappa shape index (κ1) is 16.3. The van der Waals surface area contributed by atoms with Crippen molar-refractivity contribution in [3.8, 4) is 0 Å². The van der Waals surface area contributed by atoms with E-state index in [2.05, 4.69) is 27.4 Å². The zero-order valence-corrected chi connectivity index (χ0v) is 14.4. The molecule has 0 saturated heterocycles. The van der Waals surface area contributed by atoms with E-state index in [1.54, 1.807) is 0 Å². The van der Waals surface area contributed by atoms with E-state index < -0.39 is 12.2 Å². The van der Waals surface area contributed by atoms with Crippen molar-refractivity contribution < 1.29 is 10.2 Å². The largest absolute Gasteiger partial charge is 0.389 e. The number of allylic oxidation sites excluding steroid dienone is 2. The van der Waals surface area contributed by atoms with Gasteiger partial charge in [-0.05, 0) is 68.8 Å². The molecule has 2 N–H and O–H groups in total. The van der Waals surface area contributed by atoms with E-state index in [0.29, 0.717) is 17.8 Å². The molecule has 22 heavy (non-hydrogen) atoms. The minimum atomic E-state index is -0.666. The molecule has 2 bridgehead atoms. The Kier molecular flexibility index (Phi) is 4.28. The fraction of sp³-hybridized carbons (Fsp3) is 0.800. The molecule has 0 aliphatic heterocycles. The van der Waals surface area contributed by atoms with Gasteiger partial charge in [0.05, 0.1) is 6.10 Å². The van der Waals surface area contributed by atoms with E-state index in [1.165, 1.54) is 24.0 Å². The quantitative estimate of drug-likeness (QED) is 0.658. The van der Waals surface area contributed by atoms with Crippen molar-refractivity contribution in [2.75, 3.05) is 0 Å². The maximum atomic E-state index is 10.8. The highest BCUT2D eigenvalue weighted by Crippen LogP contribution is 2.59. The first-order valence-electron chi connectivity index (χ1n) is 9.09. The number of aliphatic hydroxyl groups excluding tert-OH is 2. The molecule has 124 valence electrons. The Morgan fingerprint density at radius 1 is 1.14 bits per heavy atom. The van der Waals surface area contributed by atoms with Gasteiger partial charge in [0.2, 0.25) is 0 Å². The third-order valence-electron chi connectivity index (χ3n) is 7.04. The Morgan fingerprint density at radius 3 is 2.59 bits per heavy atom. The van der Waals surface area contributed by atoms with Crippen LogP contribution in [-0.4, -0.2) is 22.4 Å². The second-order valence-electron chi connectivity index (χ2n) is 8.42. The Morgan fingerprint density at radius 2 is 1.86 bits per heavy atom. The highest BCUT2D eigenvalue weighted by molar-refractivity contribution is 5.33. The van der Waals surface area contributed by atoms with E-state index in [0.717, 1.165) is 37.7 Å². The van der Waals surface area contributed by atoms with E-state index in [9.17, 15) is 10.2 Å². The molecule has 0 heterocycles. The Labute approximate surface area is 135 Å². The highest BCUT2D eigenvalue weighted by Gasteiger charge is 2.56. The van der Waals surface area contributed by atoms with Gasteiger partial charge in [0.15, 0.2) is 0 Å². The molecule has 3 rings (SSSR count). The summed E-state index contributed by atoms with van der Waals surface area (Å²) in [5, 5.41) is 21.6. The molecule has 0 unspecified atom stereocenters. The van der Waals surface area contributed by atoms with Crippen LogP contribution in [0.1, 0.15) is 65.7 Å². The summed E-state index contributed by atoms with van der Waals surface area (Å²) in [4.78, 5) is 0. The lowest BCUT2D eigenvalue weighted by molar-refractivity contribution is -0.0700. The molecule has 0 radical (unpaired) electrons. The van der Waals surface area contributed by atoms with Gasteiger partial charge in [-0.15, -0.1) is 0 Å². The summed E-state index contributed by atoms with van der Waals surface area (Å²) in [6, 6.07) is 0. The summed E-state index contributed by atoms with van der Waals surface area (Å²) < 4.78 is 0. The zero-order chi connectivity index (χ0) is 16.1. The fourth-order valence-electron chi connectivity index (χ4n) is 5.55. The van der Waals surface area contributed by atoms with Crippen molar-refractivity contribution >= 4 is 0 Å². The molecule has 2 heteroatoms. The maximum Gasteiger partial charge on any atom is 0.102 e. The van der Waals surface area contributed by atoms with Gasteiger partial charge in [0.25, 0.3) is 0 Å². The lowest BCUT2D eigenvalue weighted by Gasteiger charge is -2.47. The van der Waals surface area contributed by atoms with Crippen LogP contribution in [0.5, 0.6) is 0 Å². The monoisotopic (exact) mass is 304 g/mol. The average molecular weight is 304 g/mol. The van der Waals surface area contributed by atoms with E-state index in [4.69, 9.17) is 0 Å². The second kappa shape index (κ2) is 5.79. The lowest BCUT2D eigenvalue weighted by Crippen LogP contribution is -2.50. The van der Waals surface area contributed by atoms with Crippen LogP contribution in [0.25, 0.3) is 0 Å². The predicted molar refractivity (Wildman–Crippen MR) is 90.4 cm³/mol. The number of aliphatic hydroxyl groups is 2. The van der Waals surface area contributed by atoms with Crippen LogP contribution >= 0.6 is 0 Å². The minimum absolute atomic E-state index is 0.180. The van der Waals surface area contributed by atoms with Crippen LogP contribution in [0, 0.1) is 23.2 Å². The van der Waals surface area contributed by atoms with Crippen molar-refractivity contribution in [3.63, 3.8) is 0 Å². The first-order chi connectivity index (χ1) is 10.4. The summed E-state index contributed by atoms with van der Waals surface area (Å²) >= 11 is 0. The SMILES string of the molecule is C=C1CCC[C@H](C)CCC2=C(C)[C@H]3[C@@H]1CC[C@]3(C)[C@H](O)[C@H]2O. The Hall–Kier alpha value is -0.600. The molecule has 1 saturated carbocycles. The second-order valence-corrected chi connectivity index (χ2v) is 8.42. The van der Waals surface area contributed by atoms with Crippen LogP contribution in [0.3, 0.4) is 0 Å². The van der Waals surface area contributed by atoms with Gasteiger partial charge in [-0.2, -0.15) is 0 Å². The Balaban J connectivity index is 2.05. The molecule has 6 atom stereocenters. The molecule has 3 aliphatic carbocycles. The number of hydrogen-bond acceptors (Lipinski definition) is 2. The molecule has 0 aromatic carbocycles. The smallest absolute Gasteiger partial charge is 0.102 e. The molecule has 0 amide bonds. The summed E-state index contributed by atoms with van der Waals surface area (Å²) in [7, 11) is 0. The molecule has 1 fully saturated rings. The van der Waals surface area contributed by atoms with Crippen molar-refractivity contribution in [1.29, 1.82) is 0 Å². The zero-order valence-electron chi connectivity index (χ0n) is 14.4. The minimum Gasteiger partial charge on any atom is -0.389 e. The molecule has 0 aromatic rings. The summed E-state index contributed by atoms with van der Waals surface area (Å²) in [6.45, 7) is 11.1. The van der Waals surface area contributed by atoms with Crippen LogP contribution in [0.15, 0.2) is 23.3 Å². The summed E-state index contributed by atoms with van der Waals surface area (Å²) in [5.74, 6) is 1.56. The van der Waals surface area contributed by atoms with Gasteiger partial charge >= 0.3 is 0 Å². The molecule has 0 aromatic heterocycles. The van der Waals surface area contributed by atoms with Gasteiger partial charge in [-0.25, -0.2) is 0 Å². The third-order valence-corrected chi connectivity index (χ3v) is 7.04. The number of hydrogen-bond donors (Lipinski definition) is 2. The van der Waals surface area contributed by atoms with Crippen molar-refractivity contribution in [3.05, 3.63) is 23.3 Å². The van der Waals surface area contributed by atoms with Gasteiger partial charge in [-0.1, -0.05) is 38.0 Å². The summed E-state index contributed by atoms with van der Waals surface area (Å²) in [5.41, 5.74) is 3.69. The van der Waals surface area contributed by atoms with E-state index in [-0.39, 0.29) is 5.41 Å². The maximum absolute atomic E-state index is 10.8. The molecule has 2 nitrogen and oxygen atoms in total. The van der Waals surface area contributed by atoms with E-state index >= 15 is 0 Å². The fourth-order valence-corrected chi connectivity index (χ4v) is 5.55. The van der Waals surface area contributed by atoms with E-state index in [1.807, 2.05) is 0 Å². The van der Waals surface area contributed by atoms with Crippen molar-refractivity contribution in [2.45, 2.75) is 77.9 Å².